The van der Waals surface area contributed by atoms with Crippen molar-refractivity contribution in [3.05, 3.63) is 29.8 Å². The first-order chi connectivity index (χ1) is 6.11. The summed E-state index contributed by atoms with van der Waals surface area (Å²) in [4.78, 5) is 11.2. The minimum absolute atomic E-state index is 0.0837. The van der Waals surface area contributed by atoms with Crippen LogP contribution in [0.1, 0.15) is 19.4 Å². The molecule has 0 fully saturated rings. The van der Waals surface area contributed by atoms with E-state index in [4.69, 9.17) is 4.74 Å². The van der Waals surface area contributed by atoms with Crippen LogP contribution < -0.4 is 4.74 Å². The number of benzene rings is 1. The summed E-state index contributed by atoms with van der Waals surface area (Å²) in [5, 5.41) is 0. The van der Waals surface area contributed by atoms with Gasteiger partial charge in [-0.1, -0.05) is 32.0 Å². The van der Waals surface area contributed by atoms with Crippen LogP contribution in [-0.4, -0.2) is 5.97 Å². The fourth-order valence-corrected chi connectivity index (χ4v) is 0.897. The van der Waals surface area contributed by atoms with Gasteiger partial charge in [-0.3, -0.25) is 4.79 Å². The fraction of sp³-hybridized carbons (Fsp3) is 0.364. The van der Waals surface area contributed by atoms with Crippen molar-refractivity contribution in [2.75, 3.05) is 0 Å². The van der Waals surface area contributed by atoms with E-state index >= 15 is 0 Å². The first kappa shape index (κ1) is 9.78. The second-order valence-corrected chi connectivity index (χ2v) is 3.34. The SMILES string of the molecule is Cc1ccccc1OC(=O)C(C)C. The van der Waals surface area contributed by atoms with Gasteiger partial charge >= 0.3 is 5.97 Å². The van der Waals surface area contributed by atoms with E-state index < -0.39 is 0 Å². The number of esters is 1. The molecular weight excluding hydrogens is 164 g/mol. The molecule has 0 saturated heterocycles. The molecule has 0 radical (unpaired) electrons. The van der Waals surface area contributed by atoms with Crippen LogP contribution >= 0.6 is 0 Å². The van der Waals surface area contributed by atoms with Crippen molar-refractivity contribution in [1.82, 2.24) is 0 Å². The number of para-hydroxylation sites is 1. The minimum atomic E-state index is -0.186. The summed E-state index contributed by atoms with van der Waals surface area (Å²) in [6.45, 7) is 5.56. The Bertz CT molecular complexity index is 303. The smallest absolute Gasteiger partial charge is 0.313 e. The van der Waals surface area contributed by atoms with Gasteiger partial charge in [0.25, 0.3) is 0 Å². The summed E-state index contributed by atoms with van der Waals surface area (Å²) in [5.74, 6) is 0.384. The molecule has 13 heavy (non-hydrogen) atoms. The molecule has 0 aliphatic heterocycles. The summed E-state index contributed by atoms with van der Waals surface area (Å²) in [7, 11) is 0. The van der Waals surface area contributed by atoms with E-state index in [0.29, 0.717) is 5.75 Å². The van der Waals surface area contributed by atoms with Gasteiger partial charge in [0.2, 0.25) is 0 Å². The van der Waals surface area contributed by atoms with Crippen molar-refractivity contribution in [2.45, 2.75) is 20.8 Å². The van der Waals surface area contributed by atoms with Crippen molar-refractivity contribution < 1.29 is 9.53 Å². The van der Waals surface area contributed by atoms with Gasteiger partial charge in [-0.2, -0.15) is 0 Å². The molecule has 1 aromatic rings. The monoisotopic (exact) mass is 178 g/mol. The van der Waals surface area contributed by atoms with Gasteiger partial charge in [-0.05, 0) is 18.6 Å². The zero-order valence-electron chi connectivity index (χ0n) is 8.20. The molecule has 0 spiro atoms. The van der Waals surface area contributed by atoms with E-state index in [1.54, 1.807) is 6.07 Å². The zero-order chi connectivity index (χ0) is 9.84. The van der Waals surface area contributed by atoms with E-state index in [1.807, 2.05) is 39.0 Å². The Labute approximate surface area is 78.5 Å². The Morgan fingerprint density at radius 3 is 2.46 bits per heavy atom. The summed E-state index contributed by atoms with van der Waals surface area (Å²) in [6.07, 6.45) is 0. The Morgan fingerprint density at radius 1 is 1.31 bits per heavy atom. The first-order valence-corrected chi connectivity index (χ1v) is 4.38. The highest BCUT2D eigenvalue weighted by Gasteiger charge is 2.10. The van der Waals surface area contributed by atoms with Crippen molar-refractivity contribution in [3.8, 4) is 5.75 Å². The maximum Gasteiger partial charge on any atom is 0.313 e. The number of ether oxygens (including phenoxy) is 1. The largest absolute Gasteiger partial charge is 0.426 e. The number of hydrogen-bond acceptors (Lipinski definition) is 2. The lowest BCUT2D eigenvalue weighted by Gasteiger charge is -2.08. The van der Waals surface area contributed by atoms with Crippen molar-refractivity contribution in [1.29, 1.82) is 0 Å². The number of carbonyl (C=O) groups excluding carboxylic acids is 1. The van der Waals surface area contributed by atoms with Gasteiger partial charge in [0.1, 0.15) is 5.75 Å². The normalized spacial score (nSPS) is 10.2. The Hall–Kier alpha value is -1.31. The van der Waals surface area contributed by atoms with Gasteiger partial charge < -0.3 is 4.74 Å². The molecule has 0 bridgehead atoms. The maximum atomic E-state index is 11.2. The quantitative estimate of drug-likeness (QED) is 0.514. The van der Waals surface area contributed by atoms with Crippen molar-refractivity contribution in [2.24, 2.45) is 5.92 Å². The van der Waals surface area contributed by atoms with Crippen LogP contribution in [0.3, 0.4) is 0 Å². The summed E-state index contributed by atoms with van der Waals surface area (Å²) >= 11 is 0. The minimum Gasteiger partial charge on any atom is -0.426 e. The van der Waals surface area contributed by atoms with E-state index in [0.717, 1.165) is 5.56 Å². The molecule has 2 heteroatoms. The molecule has 0 aromatic heterocycles. The topological polar surface area (TPSA) is 26.3 Å². The summed E-state index contributed by atoms with van der Waals surface area (Å²) in [6, 6.07) is 7.50. The number of aryl methyl sites for hydroxylation is 1. The second-order valence-electron chi connectivity index (χ2n) is 3.34. The summed E-state index contributed by atoms with van der Waals surface area (Å²) < 4.78 is 5.17. The van der Waals surface area contributed by atoms with Gasteiger partial charge in [0.15, 0.2) is 0 Å². The molecule has 70 valence electrons. The standard InChI is InChI=1S/C11H14O2/c1-8(2)11(12)13-10-7-5-4-6-9(10)3/h4-8H,1-3H3. The fourth-order valence-electron chi connectivity index (χ4n) is 0.897. The number of rotatable bonds is 2. The van der Waals surface area contributed by atoms with E-state index in [2.05, 4.69) is 0 Å². The highest BCUT2D eigenvalue weighted by Crippen LogP contribution is 2.17. The molecule has 2 nitrogen and oxygen atoms in total. The molecule has 1 aromatic carbocycles. The molecule has 0 saturated carbocycles. The van der Waals surface area contributed by atoms with E-state index in [-0.39, 0.29) is 11.9 Å². The van der Waals surface area contributed by atoms with E-state index in [9.17, 15) is 4.79 Å². The van der Waals surface area contributed by atoms with Crippen LogP contribution in [-0.2, 0) is 4.79 Å². The first-order valence-electron chi connectivity index (χ1n) is 4.38. The molecule has 0 heterocycles. The van der Waals surface area contributed by atoms with Crippen LogP contribution in [0.5, 0.6) is 5.75 Å². The molecule has 0 unspecified atom stereocenters. The third-order valence-corrected chi connectivity index (χ3v) is 1.78. The second kappa shape index (κ2) is 4.08. The highest BCUT2D eigenvalue weighted by molar-refractivity contribution is 5.74. The lowest BCUT2D eigenvalue weighted by molar-refractivity contribution is -0.137. The maximum absolute atomic E-state index is 11.2. The third kappa shape index (κ3) is 2.58. The highest BCUT2D eigenvalue weighted by atomic mass is 16.5. The molecular formula is C11H14O2. The Kier molecular flexibility index (Phi) is 3.07. The summed E-state index contributed by atoms with van der Waals surface area (Å²) in [5.41, 5.74) is 0.983. The van der Waals surface area contributed by atoms with Crippen LogP contribution in [0.15, 0.2) is 24.3 Å². The number of carbonyl (C=O) groups is 1. The van der Waals surface area contributed by atoms with Gasteiger partial charge in [0.05, 0.1) is 5.92 Å². The van der Waals surface area contributed by atoms with Gasteiger partial charge in [-0.25, -0.2) is 0 Å². The average molecular weight is 178 g/mol. The predicted octanol–water partition coefficient (Wildman–Crippen LogP) is 2.56. The van der Waals surface area contributed by atoms with E-state index in [1.165, 1.54) is 0 Å². The molecule has 0 N–H and O–H groups in total. The van der Waals surface area contributed by atoms with Crippen LogP contribution in [0.4, 0.5) is 0 Å². The van der Waals surface area contributed by atoms with Crippen molar-refractivity contribution >= 4 is 5.97 Å². The average Bonchev–Trinajstić information content (AvgIpc) is 2.08. The lowest BCUT2D eigenvalue weighted by atomic mass is 10.2. The lowest BCUT2D eigenvalue weighted by Crippen LogP contribution is -2.15. The number of hydrogen-bond donors (Lipinski definition) is 0. The van der Waals surface area contributed by atoms with Crippen LogP contribution in [0.25, 0.3) is 0 Å². The van der Waals surface area contributed by atoms with Gasteiger partial charge in [0, 0.05) is 0 Å². The Balaban J connectivity index is 2.75. The zero-order valence-corrected chi connectivity index (χ0v) is 8.20. The van der Waals surface area contributed by atoms with Gasteiger partial charge in [-0.15, -0.1) is 0 Å². The van der Waals surface area contributed by atoms with Crippen LogP contribution in [0, 0.1) is 12.8 Å². The molecule has 0 atom stereocenters. The van der Waals surface area contributed by atoms with Crippen molar-refractivity contribution in [3.63, 3.8) is 0 Å². The predicted molar refractivity (Wildman–Crippen MR) is 51.7 cm³/mol. The third-order valence-electron chi connectivity index (χ3n) is 1.78. The molecule has 1 rings (SSSR count). The molecule has 0 amide bonds. The van der Waals surface area contributed by atoms with Crippen LogP contribution in [0.2, 0.25) is 0 Å². The Morgan fingerprint density at radius 2 is 1.92 bits per heavy atom. The molecule has 0 aliphatic rings. The molecule has 0 aliphatic carbocycles.